The van der Waals surface area contributed by atoms with Gasteiger partial charge in [-0.2, -0.15) is 13.9 Å². The minimum atomic E-state index is -3.95. The highest BCUT2D eigenvalue weighted by atomic mass is 32.2. The number of aromatic nitrogens is 2. The number of hydrogen-bond donors (Lipinski definition) is 0. The molecule has 0 saturated heterocycles. The van der Waals surface area contributed by atoms with Crippen molar-refractivity contribution in [3.05, 3.63) is 36.2 Å². The summed E-state index contributed by atoms with van der Waals surface area (Å²) in [7, 11) is -2.07. The van der Waals surface area contributed by atoms with Gasteiger partial charge in [-0.15, -0.1) is 0 Å². The van der Waals surface area contributed by atoms with Crippen LogP contribution in [0.25, 0.3) is 0 Å². The van der Waals surface area contributed by atoms with E-state index in [-0.39, 0.29) is 17.1 Å². The summed E-state index contributed by atoms with van der Waals surface area (Å²) in [5, 5.41) is 3.50. The second-order valence-electron chi connectivity index (χ2n) is 5.30. The molecule has 1 aliphatic rings. The first-order valence-electron chi connectivity index (χ1n) is 6.99. The Morgan fingerprint density at radius 2 is 1.83 bits per heavy atom. The number of rotatable bonds is 3. The molecule has 6 nitrogen and oxygen atoms in total. The van der Waals surface area contributed by atoms with Crippen LogP contribution in [0.5, 0.6) is 0 Å². The van der Waals surface area contributed by atoms with Crippen LogP contribution < -0.4 is 9.21 Å². The fourth-order valence-corrected chi connectivity index (χ4v) is 4.33. The Balaban J connectivity index is 2.10. The molecule has 2 heterocycles. The first-order chi connectivity index (χ1) is 10.8. The molecule has 2 aromatic rings. The van der Waals surface area contributed by atoms with E-state index < -0.39 is 16.6 Å². The molecule has 0 aliphatic carbocycles. The lowest BCUT2D eigenvalue weighted by Gasteiger charge is -2.35. The fraction of sp³-hybridized carbons (Fsp3) is 0.357. The van der Waals surface area contributed by atoms with Crippen molar-refractivity contribution in [3.8, 4) is 0 Å². The van der Waals surface area contributed by atoms with Crippen molar-refractivity contribution in [2.24, 2.45) is 0 Å². The predicted molar refractivity (Wildman–Crippen MR) is 82.5 cm³/mol. The van der Waals surface area contributed by atoms with Crippen LogP contribution in [0.1, 0.15) is 12.2 Å². The molecule has 0 saturated carbocycles. The van der Waals surface area contributed by atoms with E-state index in [1.165, 1.54) is 11.2 Å². The van der Waals surface area contributed by atoms with Gasteiger partial charge in [0, 0.05) is 13.6 Å². The molecule has 0 radical (unpaired) electrons. The van der Waals surface area contributed by atoms with Crippen LogP contribution in [-0.2, 0) is 10.0 Å². The van der Waals surface area contributed by atoms with Crippen molar-refractivity contribution in [1.29, 1.82) is 0 Å². The average molecular weight is 342 g/mol. The zero-order chi connectivity index (χ0) is 16.8. The fourth-order valence-electron chi connectivity index (χ4n) is 2.71. The van der Waals surface area contributed by atoms with Crippen molar-refractivity contribution >= 4 is 21.4 Å². The largest absolute Gasteiger partial charge is 0.371 e. The number of benzene rings is 1. The van der Waals surface area contributed by atoms with Crippen LogP contribution in [-0.4, -0.2) is 38.3 Å². The van der Waals surface area contributed by atoms with Gasteiger partial charge in [-0.25, -0.2) is 13.1 Å². The maximum absolute atomic E-state index is 12.9. The summed E-state index contributed by atoms with van der Waals surface area (Å²) in [5.41, 5.74) is 1.24. The van der Waals surface area contributed by atoms with E-state index in [0.717, 1.165) is 11.9 Å². The van der Waals surface area contributed by atoms with Gasteiger partial charge < -0.3 is 4.90 Å². The topological polar surface area (TPSA) is 58.4 Å². The summed E-state index contributed by atoms with van der Waals surface area (Å²) in [6.45, 7) is -0.791. The molecule has 0 unspecified atom stereocenters. The zero-order valence-electron chi connectivity index (χ0n) is 12.6. The molecule has 0 spiro atoms. The molecule has 0 atom stereocenters. The smallest absolute Gasteiger partial charge is 0.333 e. The van der Waals surface area contributed by atoms with Gasteiger partial charge in [-0.1, -0.05) is 12.1 Å². The van der Waals surface area contributed by atoms with E-state index in [1.807, 2.05) is 24.1 Å². The van der Waals surface area contributed by atoms with Crippen LogP contribution in [0.4, 0.5) is 20.2 Å². The van der Waals surface area contributed by atoms with Gasteiger partial charge in [0.1, 0.15) is 4.90 Å². The van der Waals surface area contributed by atoms with Crippen molar-refractivity contribution in [2.75, 3.05) is 29.3 Å². The van der Waals surface area contributed by atoms with Crippen molar-refractivity contribution in [3.63, 3.8) is 0 Å². The quantitative estimate of drug-likeness (QED) is 0.858. The number of sulfonamides is 1. The van der Waals surface area contributed by atoms with Crippen molar-refractivity contribution < 1.29 is 17.2 Å². The van der Waals surface area contributed by atoms with Gasteiger partial charge in [0.05, 0.1) is 29.8 Å². The summed E-state index contributed by atoms with van der Waals surface area (Å²) in [6, 6.07) is 7.10. The summed E-state index contributed by atoms with van der Waals surface area (Å²) in [4.78, 5) is 1.76. The molecule has 1 aromatic carbocycles. The lowest BCUT2D eigenvalue weighted by Crippen LogP contribution is -2.42. The van der Waals surface area contributed by atoms with Crippen LogP contribution in [0.3, 0.4) is 0 Å². The third kappa shape index (κ3) is 2.44. The normalized spacial score (nSPS) is 15.2. The number of hydrogen-bond acceptors (Lipinski definition) is 4. The Morgan fingerprint density at radius 3 is 2.43 bits per heavy atom. The SMILES string of the molecule is Cc1c(S(=O)(=O)N2CCN(C)c3ccccc32)cnn1C(F)F. The van der Waals surface area contributed by atoms with Gasteiger partial charge in [0.15, 0.2) is 0 Å². The van der Waals surface area contributed by atoms with E-state index >= 15 is 0 Å². The number of anilines is 2. The number of nitrogens with zero attached hydrogens (tertiary/aromatic N) is 4. The number of para-hydroxylation sites is 2. The van der Waals surface area contributed by atoms with Gasteiger partial charge in [0.2, 0.25) is 0 Å². The highest BCUT2D eigenvalue weighted by Crippen LogP contribution is 2.36. The van der Waals surface area contributed by atoms with E-state index in [0.29, 0.717) is 16.9 Å². The Kier molecular flexibility index (Phi) is 3.75. The van der Waals surface area contributed by atoms with Gasteiger partial charge in [0.25, 0.3) is 10.0 Å². The van der Waals surface area contributed by atoms with Crippen LogP contribution in [0.15, 0.2) is 35.4 Å². The van der Waals surface area contributed by atoms with E-state index in [4.69, 9.17) is 0 Å². The molecular formula is C14H16F2N4O2S. The Bertz CT molecular complexity index is 835. The second kappa shape index (κ2) is 5.48. The molecule has 9 heteroatoms. The standard InChI is InChI=1S/C14H16F2N4O2S/c1-10-13(9-17-20(10)14(15)16)23(21,22)19-8-7-18(2)11-5-3-4-6-12(11)19/h3-6,9,14H,7-8H2,1-2H3. The highest BCUT2D eigenvalue weighted by molar-refractivity contribution is 7.92. The van der Waals surface area contributed by atoms with Gasteiger partial charge in [-0.05, 0) is 19.1 Å². The van der Waals surface area contributed by atoms with Gasteiger partial charge in [-0.3, -0.25) is 4.31 Å². The van der Waals surface area contributed by atoms with Crippen LogP contribution in [0, 0.1) is 6.92 Å². The summed E-state index contributed by atoms with van der Waals surface area (Å²) < 4.78 is 53.2. The second-order valence-corrected chi connectivity index (χ2v) is 7.13. The molecule has 0 bridgehead atoms. The first-order valence-corrected chi connectivity index (χ1v) is 8.43. The number of alkyl halides is 2. The minimum absolute atomic E-state index is 0.0728. The van der Waals surface area contributed by atoms with Gasteiger partial charge >= 0.3 is 6.55 Å². The first kappa shape index (κ1) is 15.7. The third-order valence-corrected chi connectivity index (χ3v) is 5.87. The Hall–Kier alpha value is -2.16. The lowest BCUT2D eigenvalue weighted by molar-refractivity contribution is 0.0541. The van der Waals surface area contributed by atoms with E-state index in [9.17, 15) is 17.2 Å². The maximum Gasteiger partial charge on any atom is 0.333 e. The molecule has 0 fully saturated rings. The average Bonchev–Trinajstić information content (AvgIpc) is 2.90. The predicted octanol–water partition coefficient (Wildman–Crippen LogP) is 2.23. The summed E-state index contributed by atoms with van der Waals surface area (Å²) in [6.07, 6.45) is 0.984. The van der Waals surface area contributed by atoms with Crippen LogP contribution in [0.2, 0.25) is 0 Å². The molecule has 23 heavy (non-hydrogen) atoms. The minimum Gasteiger partial charge on any atom is -0.371 e. The molecule has 3 rings (SSSR count). The summed E-state index contributed by atoms with van der Waals surface area (Å²) in [5.74, 6) is 0. The van der Waals surface area contributed by atoms with Crippen LogP contribution >= 0.6 is 0 Å². The highest BCUT2D eigenvalue weighted by Gasteiger charge is 2.33. The number of halogens is 2. The maximum atomic E-state index is 12.9. The molecular weight excluding hydrogens is 326 g/mol. The van der Waals surface area contributed by atoms with E-state index in [1.54, 1.807) is 12.1 Å². The van der Waals surface area contributed by atoms with E-state index in [2.05, 4.69) is 5.10 Å². The molecule has 0 N–H and O–H groups in total. The Labute approximate surface area is 133 Å². The Morgan fingerprint density at radius 1 is 1.17 bits per heavy atom. The van der Waals surface area contributed by atoms with Crippen molar-refractivity contribution in [1.82, 2.24) is 9.78 Å². The third-order valence-electron chi connectivity index (χ3n) is 3.95. The molecule has 0 amide bonds. The van der Waals surface area contributed by atoms with Crippen molar-refractivity contribution in [2.45, 2.75) is 18.4 Å². The monoisotopic (exact) mass is 342 g/mol. The molecule has 1 aliphatic heterocycles. The zero-order valence-corrected chi connectivity index (χ0v) is 13.5. The molecule has 1 aromatic heterocycles. The number of likely N-dealkylation sites (N-methyl/N-ethyl adjacent to an activating group) is 1. The summed E-state index contributed by atoms with van der Waals surface area (Å²) >= 11 is 0. The number of fused-ring (bicyclic) bond motifs is 1. The lowest BCUT2D eigenvalue weighted by atomic mass is 10.2. The molecule has 124 valence electrons.